The van der Waals surface area contributed by atoms with E-state index in [-0.39, 0.29) is 0 Å². The summed E-state index contributed by atoms with van der Waals surface area (Å²) < 4.78 is 11.5. The summed E-state index contributed by atoms with van der Waals surface area (Å²) in [7, 11) is 0. The van der Waals surface area contributed by atoms with Crippen LogP contribution in [0.5, 0.6) is 11.5 Å². The lowest BCUT2D eigenvalue weighted by atomic mass is 10.2. The minimum Gasteiger partial charge on any atom is -0.492 e. The van der Waals surface area contributed by atoms with Gasteiger partial charge in [0.2, 0.25) is 0 Å². The Morgan fingerprint density at radius 1 is 0.778 bits per heavy atom. The highest BCUT2D eigenvalue weighted by molar-refractivity contribution is 6.30. The monoisotopic (exact) mass is 385 g/mol. The second-order valence-corrected chi connectivity index (χ2v) is 6.91. The Morgan fingerprint density at radius 3 is 1.67 bits per heavy atom. The van der Waals surface area contributed by atoms with E-state index < -0.39 is 0 Å². The van der Waals surface area contributed by atoms with E-state index >= 15 is 0 Å². The van der Waals surface area contributed by atoms with E-state index in [1.54, 1.807) is 12.1 Å². The molecule has 0 radical (unpaired) electrons. The highest BCUT2D eigenvalue weighted by Crippen LogP contribution is 2.15. The summed E-state index contributed by atoms with van der Waals surface area (Å²) in [5, 5.41) is 9.53. The third kappa shape index (κ3) is 6.44. The van der Waals surface area contributed by atoms with Gasteiger partial charge in [-0.1, -0.05) is 11.6 Å². The first-order chi connectivity index (χ1) is 13.2. The number of nitrogens with zero attached hydrogens (tertiary/aromatic N) is 3. The van der Waals surface area contributed by atoms with Gasteiger partial charge in [0.1, 0.15) is 24.7 Å². The summed E-state index contributed by atoms with van der Waals surface area (Å²) in [6.45, 7) is 7.35. The quantitative estimate of drug-likeness (QED) is 0.697. The Morgan fingerprint density at radius 2 is 1.22 bits per heavy atom. The fourth-order valence-electron chi connectivity index (χ4n) is 2.98. The second kappa shape index (κ2) is 10.2. The van der Waals surface area contributed by atoms with E-state index in [9.17, 15) is 0 Å². The highest BCUT2D eigenvalue weighted by atomic mass is 35.5. The van der Waals surface area contributed by atoms with E-state index in [4.69, 9.17) is 26.3 Å². The number of benzene rings is 2. The summed E-state index contributed by atoms with van der Waals surface area (Å²) in [5.74, 6) is 1.67. The number of hydrogen-bond acceptors (Lipinski definition) is 5. The first-order valence-electron chi connectivity index (χ1n) is 9.19. The molecule has 1 fully saturated rings. The molecule has 1 aliphatic heterocycles. The fourth-order valence-corrected chi connectivity index (χ4v) is 3.10. The van der Waals surface area contributed by atoms with Crippen LogP contribution in [0.15, 0.2) is 48.5 Å². The Balaban J connectivity index is 1.28. The fraction of sp³-hybridized carbons (Fsp3) is 0.381. The lowest BCUT2D eigenvalue weighted by Crippen LogP contribution is -2.48. The largest absolute Gasteiger partial charge is 0.492 e. The van der Waals surface area contributed by atoms with Crippen LogP contribution in [-0.2, 0) is 0 Å². The van der Waals surface area contributed by atoms with Crippen LogP contribution in [0.4, 0.5) is 0 Å². The highest BCUT2D eigenvalue weighted by Gasteiger charge is 2.16. The minimum atomic E-state index is 0.651. The van der Waals surface area contributed by atoms with Gasteiger partial charge in [-0.3, -0.25) is 9.80 Å². The van der Waals surface area contributed by atoms with E-state index in [1.807, 2.05) is 36.4 Å². The number of ether oxygens (including phenoxy) is 2. The SMILES string of the molecule is N#Cc1ccc(OCCN2CCN(CCOc3ccc(Cl)cc3)CC2)cc1. The molecule has 3 rings (SSSR count). The van der Waals surface area contributed by atoms with Gasteiger partial charge in [0.05, 0.1) is 11.6 Å². The van der Waals surface area contributed by atoms with Gasteiger partial charge in [-0.05, 0) is 48.5 Å². The molecule has 0 saturated carbocycles. The van der Waals surface area contributed by atoms with Crippen molar-refractivity contribution in [3.05, 3.63) is 59.1 Å². The van der Waals surface area contributed by atoms with Crippen LogP contribution >= 0.6 is 11.6 Å². The Hall–Kier alpha value is -2.26. The molecule has 1 heterocycles. The van der Waals surface area contributed by atoms with Crippen molar-refractivity contribution in [1.82, 2.24) is 9.80 Å². The summed E-state index contributed by atoms with van der Waals surface area (Å²) in [6.07, 6.45) is 0. The van der Waals surface area contributed by atoms with Crippen molar-refractivity contribution >= 4 is 11.6 Å². The van der Waals surface area contributed by atoms with Crippen LogP contribution < -0.4 is 9.47 Å². The molecule has 2 aromatic rings. The van der Waals surface area contributed by atoms with Crippen molar-refractivity contribution in [3.63, 3.8) is 0 Å². The minimum absolute atomic E-state index is 0.651. The molecule has 0 bridgehead atoms. The van der Waals surface area contributed by atoms with Crippen molar-refractivity contribution < 1.29 is 9.47 Å². The molecule has 0 aromatic heterocycles. The van der Waals surface area contributed by atoms with Crippen LogP contribution in [0, 0.1) is 11.3 Å². The maximum atomic E-state index is 8.80. The first kappa shape index (κ1) is 19.5. The Bertz CT molecular complexity index is 736. The van der Waals surface area contributed by atoms with E-state index in [0.717, 1.165) is 55.8 Å². The summed E-state index contributed by atoms with van der Waals surface area (Å²) in [4.78, 5) is 4.84. The number of piperazine rings is 1. The van der Waals surface area contributed by atoms with Crippen molar-refractivity contribution in [1.29, 1.82) is 5.26 Å². The van der Waals surface area contributed by atoms with Crippen molar-refractivity contribution in [2.75, 3.05) is 52.5 Å². The van der Waals surface area contributed by atoms with Gasteiger partial charge in [-0.2, -0.15) is 5.26 Å². The average molecular weight is 386 g/mol. The average Bonchev–Trinajstić information content (AvgIpc) is 2.71. The molecule has 1 aliphatic rings. The van der Waals surface area contributed by atoms with Gasteiger partial charge in [-0.25, -0.2) is 0 Å². The first-order valence-corrected chi connectivity index (χ1v) is 9.57. The predicted octanol–water partition coefficient (Wildman–Crippen LogP) is 3.29. The number of nitriles is 1. The molecule has 0 atom stereocenters. The van der Waals surface area contributed by atoms with Gasteiger partial charge in [0.25, 0.3) is 0 Å². The van der Waals surface area contributed by atoms with E-state index in [1.165, 1.54) is 0 Å². The molecule has 142 valence electrons. The molecule has 27 heavy (non-hydrogen) atoms. The van der Waals surface area contributed by atoms with Crippen LogP contribution in [-0.4, -0.2) is 62.3 Å². The molecular weight excluding hydrogens is 362 g/mol. The number of halogens is 1. The Kier molecular flexibility index (Phi) is 7.35. The molecular formula is C21H24ClN3O2. The standard InChI is InChI=1S/C21H24ClN3O2/c22-19-3-7-21(8-4-19)27-16-14-25-11-9-24(10-12-25)13-15-26-20-5-1-18(17-23)2-6-20/h1-8H,9-16H2. The van der Waals surface area contributed by atoms with Crippen molar-refractivity contribution in [2.24, 2.45) is 0 Å². The van der Waals surface area contributed by atoms with E-state index in [2.05, 4.69) is 15.9 Å². The smallest absolute Gasteiger partial charge is 0.119 e. The molecule has 2 aromatic carbocycles. The van der Waals surface area contributed by atoms with Crippen LogP contribution in [0.25, 0.3) is 0 Å². The molecule has 1 saturated heterocycles. The summed E-state index contributed by atoms with van der Waals surface area (Å²) >= 11 is 5.88. The maximum absolute atomic E-state index is 8.80. The van der Waals surface area contributed by atoms with Gasteiger partial charge in [0.15, 0.2) is 0 Å². The molecule has 0 spiro atoms. The van der Waals surface area contributed by atoms with Crippen LogP contribution in [0.1, 0.15) is 5.56 Å². The zero-order chi connectivity index (χ0) is 18.9. The molecule has 0 aliphatic carbocycles. The van der Waals surface area contributed by atoms with Crippen molar-refractivity contribution in [2.45, 2.75) is 0 Å². The summed E-state index contributed by atoms with van der Waals surface area (Å²) in [5.41, 5.74) is 0.651. The van der Waals surface area contributed by atoms with Gasteiger partial charge in [-0.15, -0.1) is 0 Å². The summed E-state index contributed by atoms with van der Waals surface area (Å²) in [6, 6.07) is 16.8. The lowest BCUT2D eigenvalue weighted by Gasteiger charge is -2.34. The topological polar surface area (TPSA) is 48.7 Å². The molecule has 5 nitrogen and oxygen atoms in total. The van der Waals surface area contributed by atoms with Crippen LogP contribution in [0.3, 0.4) is 0 Å². The zero-order valence-electron chi connectivity index (χ0n) is 15.3. The maximum Gasteiger partial charge on any atom is 0.119 e. The van der Waals surface area contributed by atoms with Gasteiger partial charge < -0.3 is 9.47 Å². The van der Waals surface area contributed by atoms with Crippen LogP contribution in [0.2, 0.25) is 5.02 Å². The van der Waals surface area contributed by atoms with E-state index in [0.29, 0.717) is 18.8 Å². The van der Waals surface area contributed by atoms with Gasteiger partial charge >= 0.3 is 0 Å². The second-order valence-electron chi connectivity index (χ2n) is 6.47. The third-order valence-corrected chi connectivity index (χ3v) is 4.87. The molecule has 6 heteroatoms. The third-order valence-electron chi connectivity index (χ3n) is 4.61. The molecule has 0 amide bonds. The normalized spacial score (nSPS) is 15.3. The van der Waals surface area contributed by atoms with Gasteiger partial charge in [0, 0.05) is 44.3 Å². The predicted molar refractivity (Wildman–Crippen MR) is 106 cm³/mol. The lowest BCUT2D eigenvalue weighted by molar-refractivity contribution is 0.105. The molecule has 0 unspecified atom stereocenters. The zero-order valence-corrected chi connectivity index (χ0v) is 16.1. The number of hydrogen-bond donors (Lipinski definition) is 0. The van der Waals surface area contributed by atoms with Crippen molar-refractivity contribution in [3.8, 4) is 17.6 Å². The number of rotatable bonds is 8. The Labute approximate surface area is 165 Å². The molecule has 0 N–H and O–H groups in total.